The van der Waals surface area contributed by atoms with Crippen molar-refractivity contribution in [2.24, 2.45) is 11.8 Å². The molecule has 0 aliphatic heterocycles. The highest BCUT2D eigenvalue weighted by atomic mass is 28.4. The van der Waals surface area contributed by atoms with Gasteiger partial charge in [-0.25, -0.2) is 0 Å². The molecule has 0 saturated heterocycles. The fourth-order valence-electron chi connectivity index (χ4n) is 5.52. The molecule has 7 heteroatoms. The Labute approximate surface area is 259 Å². The maximum atomic E-state index is 11.4. The largest absolute Gasteiger partial charge is 0.481 e. The normalized spacial score (nSPS) is 23.0. The first-order valence-corrected chi connectivity index (χ1v) is 22.1. The summed E-state index contributed by atoms with van der Waals surface area (Å²) in [5, 5.41) is 20.6. The zero-order chi connectivity index (χ0) is 31.8. The van der Waals surface area contributed by atoms with Crippen LogP contribution in [-0.4, -0.2) is 51.1 Å². The highest BCUT2D eigenvalue weighted by molar-refractivity contribution is 6.74. The van der Waals surface area contributed by atoms with Crippen molar-refractivity contribution >= 4 is 22.6 Å². The molecule has 240 valence electrons. The molecule has 0 bridgehead atoms. The number of aryl methyl sites for hydroxylation is 1. The quantitative estimate of drug-likeness (QED) is 0.110. The molecular formula is C35H62O5Si2. The van der Waals surface area contributed by atoms with Crippen LogP contribution < -0.4 is 0 Å². The second-order valence-corrected chi connectivity index (χ2v) is 25.2. The van der Waals surface area contributed by atoms with Gasteiger partial charge in [-0.1, -0.05) is 84.0 Å². The van der Waals surface area contributed by atoms with Crippen LogP contribution in [0.4, 0.5) is 0 Å². The molecule has 0 amide bonds. The lowest BCUT2D eigenvalue weighted by molar-refractivity contribution is -0.137. The first-order valence-electron chi connectivity index (χ1n) is 16.3. The van der Waals surface area contributed by atoms with E-state index >= 15 is 0 Å². The summed E-state index contributed by atoms with van der Waals surface area (Å²) in [5.74, 6) is -0.342. The maximum Gasteiger partial charge on any atom is 0.303 e. The van der Waals surface area contributed by atoms with Crippen LogP contribution in [0.2, 0.25) is 36.3 Å². The Kier molecular flexibility index (Phi) is 13.8. The third-order valence-corrected chi connectivity index (χ3v) is 19.3. The Bertz CT molecular complexity index is 977. The summed E-state index contributed by atoms with van der Waals surface area (Å²) >= 11 is 0. The number of carboxylic acids is 1. The van der Waals surface area contributed by atoms with Gasteiger partial charge in [0.25, 0.3) is 0 Å². The fraction of sp³-hybridized carbons (Fsp3) is 0.743. The number of aliphatic hydroxyl groups is 1. The molecular weight excluding hydrogens is 557 g/mol. The van der Waals surface area contributed by atoms with Gasteiger partial charge in [-0.3, -0.25) is 4.79 Å². The van der Waals surface area contributed by atoms with Crippen molar-refractivity contribution in [2.45, 2.75) is 154 Å². The molecule has 1 saturated carbocycles. The molecule has 5 atom stereocenters. The molecule has 0 unspecified atom stereocenters. The first kappa shape index (κ1) is 36.9. The summed E-state index contributed by atoms with van der Waals surface area (Å²) in [5.41, 5.74) is 1.34. The molecule has 1 aliphatic rings. The van der Waals surface area contributed by atoms with Gasteiger partial charge in [0.05, 0.1) is 12.2 Å². The van der Waals surface area contributed by atoms with Gasteiger partial charge in [-0.05, 0) is 105 Å². The second-order valence-electron chi connectivity index (χ2n) is 15.6. The van der Waals surface area contributed by atoms with E-state index in [4.69, 9.17) is 14.0 Å². The number of unbranched alkanes of at least 4 members (excludes halogenated alkanes) is 1. The van der Waals surface area contributed by atoms with Crippen molar-refractivity contribution in [2.75, 3.05) is 0 Å². The zero-order valence-electron chi connectivity index (χ0n) is 28.4. The van der Waals surface area contributed by atoms with Crippen molar-refractivity contribution < 1.29 is 23.9 Å². The number of hydrogen-bond donors (Lipinski definition) is 2. The molecule has 0 radical (unpaired) electrons. The average molecular weight is 619 g/mol. The van der Waals surface area contributed by atoms with E-state index in [9.17, 15) is 9.90 Å². The SMILES string of the molecule is CC(C)(C)[Si](C)(C)O[C@@H](CCc1ccccc1)CC[C@@H]1[C@@H](C/C=C\CCCC(=O)O)[C@@H](O[Si](C)(C)C(C)(C)C)C[C@H]1O. The molecule has 0 heterocycles. The number of allylic oxidation sites excluding steroid dienone is 2. The van der Waals surface area contributed by atoms with E-state index in [0.717, 1.165) is 38.5 Å². The summed E-state index contributed by atoms with van der Waals surface area (Å²) in [4.78, 5) is 10.9. The zero-order valence-corrected chi connectivity index (χ0v) is 30.4. The Balaban J connectivity index is 2.22. The standard InChI is InChI=1S/C35H62O5Si2/c1-34(2,3)41(7,8)39-28(23-22-27-18-14-13-15-19-27)24-25-29-30(20-16-11-12-17-21-33(37)38)32(26-31(29)36)40-42(9,10)35(4,5)6/h11,13-16,18-19,28-32,36H,12,17,20-26H2,1-10H3,(H,37,38)/b16-11-/t28-,29+,30+,31+,32-/m0/s1. The molecule has 42 heavy (non-hydrogen) atoms. The van der Waals surface area contributed by atoms with Crippen LogP contribution in [0.5, 0.6) is 0 Å². The second kappa shape index (κ2) is 15.6. The molecule has 2 rings (SSSR count). The van der Waals surface area contributed by atoms with Crippen molar-refractivity contribution in [1.82, 2.24) is 0 Å². The first-order chi connectivity index (χ1) is 19.3. The smallest absolute Gasteiger partial charge is 0.303 e. The number of aliphatic hydroxyl groups excluding tert-OH is 1. The highest BCUT2D eigenvalue weighted by Crippen LogP contribution is 2.46. The lowest BCUT2D eigenvalue weighted by Gasteiger charge is -2.41. The lowest BCUT2D eigenvalue weighted by Crippen LogP contribution is -2.45. The summed E-state index contributed by atoms with van der Waals surface area (Å²) in [6.07, 6.45) is 11.1. The van der Waals surface area contributed by atoms with E-state index in [1.54, 1.807) is 0 Å². The minimum absolute atomic E-state index is 0.0404. The van der Waals surface area contributed by atoms with E-state index in [0.29, 0.717) is 12.8 Å². The number of benzene rings is 1. The molecule has 1 aromatic carbocycles. The molecule has 1 aliphatic carbocycles. The van der Waals surface area contributed by atoms with Gasteiger partial charge in [-0.15, -0.1) is 0 Å². The number of aliphatic carboxylic acids is 1. The van der Waals surface area contributed by atoms with Gasteiger partial charge in [0, 0.05) is 12.5 Å². The van der Waals surface area contributed by atoms with Crippen LogP contribution in [0.1, 0.15) is 98.5 Å². The van der Waals surface area contributed by atoms with E-state index in [2.05, 4.69) is 110 Å². The van der Waals surface area contributed by atoms with Crippen LogP contribution in [-0.2, 0) is 20.1 Å². The number of carbonyl (C=O) groups is 1. The predicted molar refractivity (Wildman–Crippen MR) is 181 cm³/mol. The summed E-state index contributed by atoms with van der Waals surface area (Å²) in [6.45, 7) is 23.0. The Morgan fingerprint density at radius 3 is 2.14 bits per heavy atom. The summed E-state index contributed by atoms with van der Waals surface area (Å²) in [6, 6.07) is 10.7. The summed E-state index contributed by atoms with van der Waals surface area (Å²) < 4.78 is 14.0. The van der Waals surface area contributed by atoms with E-state index < -0.39 is 22.6 Å². The molecule has 1 fully saturated rings. The number of carboxylic acid groups (broad SMARTS) is 1. The number of hydrogen-bond acceptors (Lipinski definition) is 4. The molecule has 0 spiro atoms. The van der Waals surface area contributed by atoms with Crippen molar-refractivity contribution in [3.8, 4) is 0 Å². The molecule has 5 nitrogen and oxygen atoms in total. The van der Waals surface area contributed by atoms with Gasteiger partial charge >= 0.3 is 5.97 Å². The third kappa shape index (κ3) is 11.3. The monoisotopic (exact) mass is 618 g/mol. The van der Waals surface area contributed by atoms with Crippen LogP contribution >= 0.6 is 0 Å². The Hall–Kier alpha value is -1.26. The minimum Gasteiger partial charge on any atom is -0.481 e. The van der Waals surface area contributed by atoms with Gasteiger partial charge in [0.15, 0.2) is 16.6 Å². The van der Waals surface area contributed by atoms with E-state index in [1.807, 2.05) is 0 Å². The fourth-order valence-corrected chi connectivity index (χ4v) is 8.33. The van der Waals surface area contributed by atoms with Crippen LogP contribution in [0, 0.1) is 11.8 Å². The van der Waals surface area contributed by atoms with Gasteiger partial charge in [0.2, 0.25) is 0 Å². The summed E-state index contributed by atoms with van der Waals surface area (Å²) in [7, 11) is -3.97. The van der Waals surface area contributed by atoms with Crippen molar-refractivity contribution in [3.63, 3.8) is 0 Å². The van der Waals surface area contributed by atoms with Gasteiger partial charge in [-0.2, -0.15) is 0 Å². The van der Waals surface area contributed by atoms with Gasteiger partial charge < -0.3 is 19.1 Å². The van der Waals surface area contributed by atoms with E-state index in [-0.39, 0.29) is 46.6 Å². The Morgan fingerprint density at radius 1 is 0.952 bits per heavy atom. The molecule has 2 N–H and O–H groups in total. The number of rotatable bonds is 16. The van der Waals surface area contributed by atoms with E-state index in [1.165, 1.54) is 5.56 Å². The lowest BCUT2D eigenvalue weighted by atomic mass is 9.85. The molecule has 0 aromatic heterocycles. The van der Waals surface area contributed by atoms with Crippen LogP contribution in [0.25, 0.3) is 0 Å². The van der Waals surface area contributed by atoms with Crippen LogP contribution in [0.3, 0.4) is 0 Å². The predicted octanol–water partition coefficient (Wildman–Crippen LogP) is 9.38. The van der Waals surface area contributed by atoms with Gasteiger partial charge in [0.1, 0.15) is 0 Å². The van der Waals surface area contributed by atoms with Crippen molar-refractivity contribution in [3.05, 3.63) is 48.0 Å². The highest BCUT2D eigenvalue weighted by Gasteiger charge is 2.47. The minimum atomic E-state index is -2.01. The van der Waals surface area contributed by atoms with Crippen molar-refractivity contribution in [1.29, 1.82) is 0 Å². The Morgan fingerprint density at radius 2 is 1.57 bits per heavy atom. The average Bonchev–Trinajstić information content (AvgIpc) is 3.14. The van der Waals surface area contributed by atoms with Crippen LogP contribution in [0.15, 0.2) is 42.5 Å². The third-order valence-electron chi connectivity index (χ3n) is 10.3. The maximum absolute atomic E-state index is 11.4. The molecule has 1 aromatic rings. The topological polar surface area (TPSA) is 76.0 Å².